The summed E-state index contributed by atoms with van der Waals surface area (Å²) in [5.74, 6) is 1.30. The summed E-state index contributed by atoms with van der Waals surface area (Å²) in [7, 11) is 0. The number of hydrogen-bond donors (Lipinski definition) is 1. The Balaban J connectivity index is 2.41. The Kier molecular flexibility index (Phi) is 5.40. The zero-order chi connectivity index (χ0) is 13.0. The zero-order valence-electron chi connectivity index (χ0n) is 11.6. The van der Waals surface area contributed by atoms with E-state index in [4.69, 9.17) is 5.73 Å². The van der Waals surface area contributed by atoms with Crippen molar-refractivity contribution in [3.05, 3.63) is 0 Å². The van der Waals surface area contributed by atoms with Crippen LogP contribution in [0.2, 0.25) is 0 Å². The van der Waals surface area contributed by atoms with E-state index >= 15 is 0 Å². The topological polar surface area (TPSA) is 49.6 Å². The van der Waals surface area contributed by atoms with E-state index in [1.807, 2.05) is 4.90 Å². The highest BCUT2D eigenvalue weighted by atomic mass is 16.2. The minimum absolute atomic E-state index is 0.249. The molecule has 2 N–H and O–H groups in total. The van der Waals surface area contributed by atoms with Crippen molar-refractivity contribution in [2.24, 2.45) is 17.6 Å². The van der Waals surface area contributed by atoms with E-state index in [2.05, 4.69) is 32.6 Å². The molecule has 0 atom stereocenters. The van der Waals surface area contributed by atoms with Gasteiger partial charge >= 0.3 is 0 Å². The molecule has 4 nitrogen and oxygen atoms in total. The first-order chi connectivity index (χ1) is 7.88. The fourth-order valence-electron chi connectivity index (χ4n) is 2.19. The lowest BCUT2D eigenvalue weighted by Gasteiger charge is -2.38. The van der Waals surface area contributed by atoms with Gasteiger partial charge in [0.1, 0.15) is 0 Å². The van der Waals surface area contributed by atoms with Crippen LogP contribution >= 0.6 is 0 Å². The highest BCUT2D eigenvalue weighted by Crippen LogP contribution is 2.09. The summed E-state index contributed by atoms with van der Waals surface area (Å²) in [5.41, 5.74) is 5.72. The van der Waals surface area contributed by atoms with Crippen LogP contribution in [0.1, 0.15) is 27.7 Å². The Morgan fingerprint density at radius 2 is 1.71 bits per heavy atom. The molecule has 0 unspecified atom stereocenters. The van der Waals surface area contributed by atoms with Gasteiger partial charge in [0, 0.05) is 32.2 Å². The summed E-state index contributed by atoms with van der Waals surface area (Å²) in [6.45, 7) is 12.6. The standard InChI is InChI=1S/C13H27N3O/c1-10(2)5-16(6-11(3)4)13(17)9-15-7-12(14)8-15/h10-12H,5-9,14H2,1-4H3. The maximum absolute atomic E-state index is 12.2. The third kappa shape index (κ3) is 5.04. The van der Waals surface area contributed by atoms with E-state index in [1.165, 1.54) is 0 Å². The first-order valence-corrected chi connectivity index (χ1v) is 6.64. The van der Waals surface area contributed by atoms with Gasteiger partial charge in [-0.1, -0.05) is 27.7 Å². The fourth-order valence-corrected chi connectivity index (χ4v) is 2.19. The van der Waals surface area contributed by atoms with Crippen LogP contribution < -0.4 is 5.73 Å². The molecule has 0 aromatic heterocycles. The lowest BCUT2D eigenvalue weighted by atomic mass is 10.1. The summed E-state index contributed by atoms with van der Waals surface area (Å²) in [6.07, 6.45) is 0. The van der Waals surface area contributed by atoms with E-state index in [-0.39, 0.29) is 11.9 Å². The number of rotatable bonds is 6. The van der Waals surface area contributed by atoms with Crippen molar-refractivity contribution in [1.29, 1.82) is 0 Å². The Morgan fingerprint density at radius 3 is 2.06 bits per heavy atom. The fraction of sp³-hybridized carbons (Fsp3) is 0.923. The third-order valence-corrected chi connectivity index (χ3v) is 2.87. The maximum Gasteiger partial charge on any atom is 0.236 e. The average molecular weight is 241 g/mol. The van der Waals surface area contributed by atoms with E-state index in [9.17, 15) is 4.79 Å². The van der Waals surface area contributed by atoms with Gasteiger partial charge < -0.3 is 10.6 Å². The number of nitrogens with two attached hydrogens (primary N) is 1. The Morgan fingerprint density at radius 1 is 1.24 bits per heavy atom. The average Bonchev–Trinajstić information content (AvgIpc) is 2.12. The van der Waals surface area contributed by atoms with Crippen molar-refractivity contribution < 1.29 is 4.79 Å². The van der Waals surface area contributed by atoms with Crippen LogP contribution in [0, 0.1) is 11.8 Å². The lowest BCUT2D eigenvalue weighted by molar-refractivity contribution is -0.134. The summed E-state index contributed by atoms with van der Waals surface area (Å²) in [5, 5.41) is 0. The van der Waals surface area contributed by atoms with Crippen LogP contribution in [0.5, 0.6) is 0 Å². The molecule has 0 aromatic carbocycles. The summed E-state index contributed by atoms with van der Waals surface area (Å²) in [4.78, 5) is 16.3. The van der Waals surface area contributed by atoms with Crippen LogP contribution in [-0.2, 0) is 4.79 Å². The number of carbonyl (C=O) groups excluding carboxylic acids is 1. The third-order valence-electron chi connectivity index (χ3n) is 2.87. The van der Waals surface area contributed by atoms with Gasteiger partial charge in [0.05, 0.1) is 6.54 Å². The molecule has 0 bridgehead atoms. The van der Waals surface area contributed by atoms with Gasteiger partial charge in [-0.15, -0.1) is 0 Å². The molecule has 0 aliphatic carbocycles. The van der Waals surface area contributed by atoms with Gasteiger partial charge in [-0.2, -0.15) is 0 Å². The molecule has 1 aliphatic heterocycles. The zero-order valence-corrected chi connectivity index (χ0v) is 11.6. The van der Waals surface area contributed by atoms with E-state index in [0.29, 0.717) is 18.4 Å². The van der Waals surface area contributed by atoms with Gasteiger partial charge in [-0.25, -0.2) is 0 Å². The SMILES string of the molecule is CC(C)CN(CC(C)C)C(=O)CN1CC(N)C1. The normalized spacial score (nSPS) is 17.6. The number of amides is 1. The molecule has 0 saturated carbocycles. The summed E-state index contributed by atoms with van der Waals surface area (Å²) >= 11 is 0. The van der Waals surface area contributed by atoms with E-state index in [1.54, 1.807) is 0 Å². The van der Waals surface area contributed by atoms with Crippen molar-refractivity contribution in [2.75, 3.05) is 32.7 Å². The molecule has 1 saturated heterocycles. The molecule has 100 valence electrons. The monoisotopic (exact) mass is 241 g/mol. The minimum atomic E-state index is 0.249. The molecule has 4 heteroatoms. The molecule has 0 aromatic rings. The summed E-state index contributed by atoms with van der Waals surface area (Å²) in [6, 6.07) is 0.270. The lowest BCUT2D eigenvalue weighted by Crippen LogP contribution is -2.58. The quantitative estimate of drug-likeness (QED) is 0.747. The molecular weight excluding hydrogens is 214 g/mol. The highest BCUT2D eigenvalue weighted by Gasteiger charge is 2.27. The van der Waals surface area contributed by atoms with E-state index < -0.39 is 0 Å². The molecule has 0 radical (unpaired) electrons. The Labute approximate surface area is 105 Å². The molecule has 1 heterocycles. The number of likely N-dealkylation sites (tertiary alicyclic amines) is 1. The summed E-state index contributed by atoms with van der Waals surface area (Å²) < 4.78 is 0. The second kappa shape index (κ2) is 6.36. The van der Waals surface area contributed by atoms with Crippen LogP contribution in [-0.4, -0.2) is 54.5 Å². The van der Waals surface area contributed by atoms with Gasteiger partial charge in [-0.3, -0.25) is 9.69 Å². The van der Waals surface area contributed by atoms with Crippen molar-refractivity contribution >= 4 is 5.91 Å². The van der Waals surface area contributed by atoms with Crippen LogP contribution in [0.4, 0.5) is 0 Å². The smallest absolute Gasteiger partial charge is 0.236 e. The van der Waals surface area contributed by atoms with Crippen LogP contribution in [0.15, 0.2) is 0 Å². The maximum atomic E-state index is 12.2. The predicted molar refractivity (Wildman–Crippen MR) is 70.7 cm³/mol. The largest absolute Gasteiger partial charge is 0.341 e. The molecule has 1 rings (SSSR count). The number of hydrogen-bond acceptors (Lipinski definition) is 3. The Bertz CT molecular complexity index is 237. The van der Waals surface area contributed by atoms with Crippen LogP contribution in [0.25, 0.3) is 0 Å². The van der Waals surface area contributed by atoms with Crippen LogP contribution in [0.3, 0.4) is 0 Å². The van der Waals surface area contributed by atoms with Crippen molar-refractivity contribution in [3.63, 3.8) is 0 Å². The molecule has 1 aliphatic rings. The first-order valence-electron chi connectivity index (χ1n) is 6.64. The molecule has 1 amide bonds. The second-order valence-corrected chi connectivity index (χ2v) is 6.04. The van der Waals surface area contributed by atoms with E-state index in [0.717, 1.165) is 26.2 Å². The Hall–Kier alpha value is -0.610. The number of nitrogens with zero attached hydrogens (tertiary/aromatic N) is 2. The second-order valence-electron chi connectivity index (χ2n) is 6.04. The van der Waals surface area contributed by atoms with Gasteiger partial charge in [0.2, 0.25) is 5.91 Å². The van der Waals surface area contributed by atoms with Gasteiger partial charge in [-0.05, 0) is 11.8 Å². The van der Waals surface area contributed by atoms with Gasteiger partial charge in [0.15, 0.2) is 0 Å². The first kappa shape index (κ1) is 14.5. The molecule has 0 spiro atoms. The van der Waals surface area contributed by atoms with Gasteiger partial charge in [0.25, 0.3) is 0 Å². The molecule has 17 heavy (non-hydrogen) atoms. The number of carbonyl (C=O) groups is 1. The van der Waals surface area contributed by atoms with Crippen molar-refractivity contribution in [1.82, 2.24) is 9.80 Å². The molecular formula is C13H27N3O. The molecule has 1 fully saturated rings. The predicted octanol–water partition coefficient (Wildman–Crippen LogP) is 0.770. The van der Waals surface area contributed by atoms with Crippen molar-refractivity contribution in [3.8, 4) is 0 Å². The van der Waals surface area contributed by atoms with Crippen molar-refractivity contribution in [2.45, 2.75) is 33.7 Å². The minimum Gasteiger partial charge on any atom is -0.341 e. The highest BCUT2D eigenvalue weighted by molar-refractivity contribution is 5.78.